The summed E-state index contributed by atoms with van der Waals surface area (Å²) >= 11 is 2.72. The fourth-order valence-corrected chi connectivity index (χ4v) is 0.590. The molecule has 0 aliphatic carbocycles. The first-order valence-corrected chi connectivity index (χ1v) is 3.44. The van der Waals surface area contributed by atoms with Crippen LogP contribution in [0.5, 0.6) is 0 Å². The Kier molecular flexibility index (Phi) is 4.97. The molecule has 0 N–H and O–H groups in total. The van der Waals surface area contributed by atoms with Crippen molar-refractivity contribution in [2.45, 2.75) is 11.7 Å². The minimum atomic E-state index is 1.21. The van der Waals surface area contributed by atoms with E-state index in [-0.39, 0.29) is 0 Å². The predicted octanol–water partition coefficient (Wildman–Crippen LogP) is 0.525. The van der Waals surface area contributed by atoms with Crippen LogP contribution in [0, 0.1) is 0 Å². The molecule has 0 rings (SSSR count). The van der Waals surface area contributed by atoms with E-state index >= 15 is 0 Å². The summed E-state index contributed by atoms with van der Waals surface area (Å²) in [7, 11) is 4.20. The summed E-state index contributed by atoms with van der Waals surface area (Å²) in [5, 5.41) is 1.22. The molecular formula is C5H12AlN+. The molecule has 0 aromatic carbocycles. The maximum atomic E-state index is 2.72. The van der Waals surface area contributed by atoms with E-state index in [1.807, 2.05) is 0 Å². The molecule has 7 heavy (non-hydrogen) atoms. The van der Waals surface area contributed by atoms with Crippen molar-refractivity contribution in [3.8, 4) is 0 Å². The molecule has 0 bridgehead atoms. The minimum absolute atomic E-state index is 1.21. The molecule has 0 saturated heterocycles. The summed E-state index contributed by atoms with van der Waals surface area (Å²) in [5.41, 5.74) is 0. The molecule has 0 spiro atoms. The molecule has 0 saturated carbocycles. The zero-order valence-electron chi connectivity index (χ0n) is 5.15. The SMILES string of the molecule is CN(C)CC[CH2][Al+]. The zero-order chi connectivity index (χ0) is 5.70. The standard InChI is InChI=1S/C5H12N.Al/c1-4-5-6(2)3;/h1,4-5H2,2-3H3;/q;+1. The van der Waals surface area contributed by atoms with Gasteiger partial charge >= 0.3 is 53.5 Å². The van der Waals surface area contributed by atoms with Crippen molar-refractivity contribution in [1.82, 2.24) is 4.90 Å². The van der Waals surface area contributed by atoms with Crippen molar-refractivity contribution in [3.05, 3.63) is 0 Å². The van der Waals surface area contributed by atoms with E-state index in [1.54, 1.807) is 0 Å². The molecule has 39 valence electrons. The zero-order valence-corrected chi connectivity index (χ0v) is 6.30. The number of nitrogens with zero attached hydrogens (tertiary/aromatic N) is 1. The first kappa shape index (κ1) is 7.49. The van der Waals surface area contributed by atoms with Gasteiger partial charge in [-0.05, 0) is 0 Å². The fraction of sp³-hybridized carbons (Fsp3) is 1.00. The van der Waals surface area contributed by atoms with Gasteiger partial charge in [0, 0.05) is 0 Å². The van der Waals surface area contributed by atoms with E-state index in [4.69, 9.17) is 0 Å². The van der Waals surface area contributed by atoms with Crippen LogP contribution < -0.4 is 0 Å². The topological polar surface area (TPSA) is 3.24 Å². The Hall–Kier alpha value is 0.492. The quantitative estimate of drug-likeness (QED) is 0.482. The van der Waals surface area contributed by atoms with Crippen molar-refractivity contribution in [2.75, 3.05) is 20.6 Å². The van der Waals surface area contributed by atoms with E-state index in [0.29, 0.717) is 0 Å². The van der Waals surface area contributed by atoms with Crippen LogP contribution in [0.25, 0.3) is 0 Å². The summed E-state index contributed by atoms with van der Waals surface area (Å²) in [6.45, 7) is 1.21. The normalized spacial score (nSPS) is 10.0. The fourth-order valence-electron chi connectivity index (χ4n) is 0.408. The molecule has 0 unspecified atom stereocenters. The van der Waals surface area contributed by atoms with E-state index in [2.05, 4.69) is 35.3 Å². The Labute approximate surface area is 54.1 Å². The number of hydrogen-bond donors (Lipinski definition) is 0. The Morgan fingerprint density at radius 3 is 2.14 bits per heavy atom. The van der Waals surface area contributed by atoms with Gasteiger partial charge in [-0.2, -0.15) is 0 Å². The second-order valence-electron chi connectivity index (χ2n) is 1.95. The predicted molar refractivity (Wildman–Crippen MR) is 33.7 cm³/mol. The second kappa shape index (κ2) is 4.65. The summed E-state index contributed by atoms with van der Waals surface area (Å²) in [4.78, 5) is 2.20. The molecule has 0 heterocycles. The van der Waals surface area contributed by atoms with Gasteiger partial charge in [-0.3, -0.25) is 0 Å². The van der Waals surface area contributed by atoms with E-state index < -0.39 is 0 Å². The summed E-state index contributed by atoms with van der Waals surface area (Å²) in [6.07, 6.45) is 1.29. The van der Waals surface area contributed by atoms with E-state index in [9.17, 15) is 0 Å². The molecule has 0 aliphatic heterocycles. The van der Waals surface area contributed by atoms with Crippen LogP contribution in [0.1, 0.15) is 6.42 Å². The van der Waals surface area contributed by atoms with Crippen molar-refractivity contribution >= 4 is 16.3 Å². The van der Waals surface area contributed by atoms with Gasteiger partial charge in [0.2, 0.25) is 0 Å². The number of hydrogen-bond acceptors (Lipinski definition) is 1. The molecule has 0 fully saturated rings. The second-order valence-corrected chi connectivity index (χ2v) is 2.52. The first-order chi connectivity index (χ1) is 3.27. The van der Waals surface area contributed by atoms with Gasteiger partial charge in [-0.15, -0.1) is 0 Å². The number of rotatable bonds is 3. The van der Waals surface area contributed by atoms with E-state index in [0.717, 1.165) is 0 Å². The van der Waals surface area contributed by atoms with Gasteiger partial charge in [0.05, 0.1) is 0 Å². The molecule has 2 heteroatoms. The molecule has 0 aromatic rings. The molecule has 1 radical (unpaired) electrons. The summed E-state index contributed by atoms with van der Waals surface area (Å²) < 4.78 is 0. The van der Waals surface area contributed by atoms with Crippen LogP contribution in [0.2, 0.25) is 5.28 Å². The van der Waals surface area contributed by atoms with Crippen LogP contribution in [-0.2, 0) is 0 Å². The van der Waals surface area contributed by atoms with Gasteiger partial charge in [0.25, 0.3) is 0 Å². The average molecular weight is 113 g/mol. The van der Waals surface area contributed by atoms with Crippen LogP contribution in [-0.4, -0.2) is 41.8 Å². The molecule has 0 aromatic heterocycles. The van der Waals surface area contributed by atoms with Gasteiger partial charge in [-0.1, -0.05) is 0 Å². The van der Waals surface area contributed by atoms with Crippen molar-refractivity contribution in [2.24, 2.45) is 0 Å². The van der Waals surface area contributed by atoms with E-state index in [1.165, 1.54) is 18.2 Å². The molecule has 0 amide bonds. The van der Waals surface area contributed by atoms with Crippen LogP contribution in [0.15, 0.2) is 0 Å². The third kappa shape index (κ3) is 6.49. The molecule has 0 aliphatic rings. The maximum absolute atomic E-state index is 2.72. The monoisotopic (exact) mass is 113 g/mol. The van der Waals surface area contributed by atoms with Crippen molar-refractivity contribution < 1.29 is 0 Å². The van der Waals surface area contributed by atoms with Gasteiger partial charge in [-0.25, -0.2) is 0 Å². The summed E-state index contributed by atoms with van der Waals surface area (Å²) in [6, 6.07) is 0. The Morgan fingerprint density at radius 2 is 2.00 bits per heavy atom. The molecule has 0 atom stereocenters. The van der Waals surface area contributed by atoms with Crippen LogP contribution in [0.4, 0.5) is 0 Å². The first-order valence-electron chi connectivity index (χ1n) is 2.62. The summed E-state index contributed by atoms with van der Waals surface area (Å²) in [5.74, 6) is 0. The molecular weight excluding hydrogens is 101 g/mol. The van der Waals surface area contributed by atoms with Crippen LogP contribution >= 0.6 is 0 Å². The van der Waals surface area contributed by atoms with Crippen molar-refractivity contribution in [3.63, 3.8) is 0 Å². The Balaban J connectivity index is 2.68. The Morgan fingerprint density at radius 1 is 1.43 bits per heavy atom. The van der Waals surface area contributed by atoms with Gasteiger partial charge in [0.15, 0.2) is 0 Å². The Bertz CT molecular complexity index is 37.1. The van der Waals surface area contributed by atoms with Crippen molar-refractivity contribution in [1.29, 1.82) is 0 Å². The average Bonchev–Trinajstić information content (AvgIpc) is 1.61. The third-order valence-corrected chi connectivity index (χ3v) is 1.22. The molecule has 1 nitrogen and oxygen atoms in total. The van der Waals surface area contributed by atoms with Crippen LogP contribution in [0.3, 0.4) is 0 Å². The van der Waals surface area contributed by atoms with Gasteiger partial charge in [0.1, 0.15) is 0 Å². The third-order valence-electron chi connectivity index (χ3n) is 0.809. The van der Waals surface area contributed by atoms with Gasteiger partial charge < -0.3 is 0 Å².